The number of aryl methyl sites for hydroxylation is 1. The highest BCUT2D eigenvalue weighted by Gasteiger charge is 2.16. The lowest BCUT2D eigenvalue weighted by atomic mass is 10.0. The van der Waals surface area contributed by atoms with Gasteiger partial charge >= 0.3 is 0 Å². The molecule has 0 N–H and O–H groups in total. The average Bonchev–Trinajstić information content (AvgIpc) is 3.23. The molecule has 0 radical (unpaired) electrons. The van der Waals surface area contributed by atoms with E-state index in [1.807, 2.05) is 36.5 Å². The highest BCUT2D eigenvalue weighted by molar-refractivity contribution is 5.87. The van der Waals surface area contributed by atoms with E-state index in [9.17, 15) is 0 Å². The number of benzene rings is 3. The maximum atomic E-state index is 4.54. The van der Waals surface area contributed by atoms with Gasteiger partial charge in [-0.05, 0) is 23.3 Å². The predicted molar refractivity (Wildman–Crippen MR) is 117 cm³/mol. The Morgan fingerprint density at radius 2 is 1.38 bits per heavy atom. The molecular formula is C25H20N4. The van der Waals surface area contributed by atoms with Crippen molar-refractivity contribution >= 4 is 10.9 Å². The van der Waals surface area contributed by atoms with Gasteiger partial charge in [0.05, 0.1) is 11.2 Å². The Labute approximate surface area is 169 Å². The monoisotopic (exact) mass is 376 g/mol. The second-order valence-corrected chi connectivity index (χ2v) is 6.92. The molecule has 29 heavy (non-hydrogen) atoms. The molecule has 3 aromatic carbocycles. The molecule has 0 spiro atoms. The molecule has 5 aromatic rings. The molecule has 0 bridgehead atoms. The van der Waals surface area contributed by atoms with Crippen molar-refractivity contribution in [2.45, 2.75) is 13.3 Å². The molecule has 5 rings (SSSR count). The molecule has 0 fully saturated rings. The van der Waals surface area contributed by atoms with Crippen LogP contribution in [0.15, 0.2) is 91.1 Å². The molecule has 0 aliphatic rings. The van der Waals surface area contributed by atoms with Gasteiger partial charge in [-0.25, -0.2) is 0 Å². The van der Waals surface area contributed by atoms with Crippen molar-refractivity contribution in [1.29, 1.82) is 0 Å². The van der Waals surface area contributed by atoms with Crippen LogP contribution in [0.1, 0.15) is 12.7 Å². The molecule has 0 aliphatic heterocycles. The van der Waals surface area contributed by atoms with E-state index in [2.05, 4.69) is 81.3 Å². The molecule has 0 saturated heterocycles. The number of hydrogen-bond donors (Lipinski definition) is 0. The van der Waals surface area contributed by atoms with Gasteiger partial charge < -0.3 is 0 Å². The number of pyridine rings is 1. The van der Waals surface area contributed by atoms with Crippen LogP contribution in [0.2, 0.25) is 0 Å². The van der Waals surface area contributed by atoms with E-state index in [-0.39, 0.29) is 0 Å². The van der Waals surface area contributed by atoms with Gasteiger partial charge in [-0.2, -0.15) is 0 Å². The Morgan fingerprint density at radius 3 is 2.17 bits per heavy atom. The van der Waals surface area contributed by atoms with E-state index in [1.54, 1.807) is 0 Å². The minimum atomic E-state index is 0.797. The molecule has 0 atom stereocenters. The highest BCUT2D eigenvalue weighted by Crippen LogP contribution is 2.29. The number of nitrogens with zero attached hydrogens (tertiary/aromatic N) is 4. The number of rotatable bonds is 4. The fourth-order valence-electron chi connectivity index (χ4n) is 3.70. The summed E-state index contributed by atoms with van der Waals surface area (Å²) in [4.78, 5) is 4.50. The summed E-state index contributed by atoms with van der Waals surface area (Å²) in [7, 11) is 0. The van der Waals surface area contributed by atoms with Crippen molar-refractivity contribution < 1.29 is 0 Å². The van der Waals surface area contributed by atoms with E-state index in [0.29, 0.717) is 0 Å². The summed E-state index contributed by atoms with van der Waals surface area (Å²) in [6.07, 6.45) is 2.64. The fraction of sp³-hybridized carbons (Fsp3) is 0.0800. The summed E-state index contributed by atoms with van der Waals surface area (Å²) in [6, 6.07) is 29.1. The van der Waals surface area contributed by atoms with Gasteiger partial charge in [0.15, 0.2) is 5.82 Å². The second-order valence-electron chi connectivity index (χ2n) is 6.92. The topological polar surface area (TPSA) is 43.6 Å². The first-order chi connectivity index (χ1) is 14.3. The largest absolute Gasteiger partial charge is 0.278 e. The molecular weight excluding hydrogens is 356 g/mol. The first-order valence-electron chi connectivity index (χ1n) is 9.79. The third kappa shape index (κ3) is 3.09. The van der Waals surface area contributed by atoms with Crippen molar-refractivity contribution in [3.8, 4) is 28.2 Å². The molecule has 0 amide bonds. The Balaban J connectivity index is 1.65. The van der Waals surface area contributed by atoms with E-state index < -0.39 is 0 Å². The molecule has 0 aliphatic carbocycles. The molecule has 140 valence electrons. The van der Waals surface area contributed by atoms with Crippen molar-refractivity contribution in [3.63, 3.8) is 0 Å². The smallest absolute Gasteiger partial charge is 0.168 e. The van der Waals surface area contributed by atoms with Crippen LogP contribution in [0.4, 0.5) is 0 Å². The molecule has 4 nitrogen and oxygen atoms in total. The van der Waals surface area contributed by atoms with Crippen molar-refractivity contribution in [3.05, 3.63) is 97.0 Å². The zero-order valence-corrected chi connectivity index (χ0v) is 16.2. The van der Waals surface area contributed by atoms with Crippen LogP contribution in [0.25, 0.3) is 39.1 Å². The lowest BCUT2D eigenvalue weighted by molar-refractivity contribution is 0.887. The minimum absolute atomic E-state index is 0.797. The first kappa shape index (κ1) is 17.3. The summed E-state index contributed by atoms with van der Waals surface area (Å²) in [5, 5.41) is 10.1. The van der Waals surface area contributed by atoms with Crippen LogP contribution in [0.5, 0.6) is 0 Å². The third-order valence-corrected chi connectivity index (χ3v) is 5.16. The van der Waals surface area contributed by atoms with Crippen LogP contribution in [-0.2, 0) is 6.42 Å². The number of aromatic nitrogens is 4. The molecule has 0 saturated carbocycles. The quantitative estimate of drug-likeness (QED) is 0.403. The maximum Gasteiger partial charge on any atom is 0.168 e. The molecule has 2 heterocycles. The Kier molecular flexibility index (Phi) is 4.37. The van der Waals surface area contributed by atoms with Gasteiger partial charge in [0.2, 0.25) is 0 Å². The Bertz CT molecular complexity index is 1270. The van der Waals surface area contributed by atoms with Crippen LogP contribution in [0.3, 0.4) is 0 Å². The number of hydrogen-bond acceptors (Lipinski definition) is 3. The lowest BCUT2D eigenvalue weighted by Crippen LogP contribution is -2.03. The number of para-hydroxylation sites is 1. The zero-order chi connectivity index (χ0) is 19.6. The lowest BCUT2D eigenvalue weighted by Gasteiger charge is -2.13. The predicted octanol–water partition coefficient (Wildman–Crippen LogP) is 5.71. The summed E-state index contributed by atoms with van der Waals surface area (Å²) >= 11 is 0. The maximum absolute atomic E-state index is 4.54. The van der Waals surface area contributed by atoms with E-state index in [1.165, 1.54) is 11.1 Å². The third-order valence-electron chi connectivity index (χ3n) is 5.16. The first-order valence-corrected chi connectivity index (χ1v) is 9.79. The minimum Gasteiger partial charge on any atom is -0.278 e. The molecule has 4 heteroatoms. The summed E-state index contributed by atoms with van der Waals surface area (Å²) in [6.45, 7) is 2.10. The molecule has 0 unspecified atom stereocenters. The van der Waals surface area contributed by atoms with E-state index in [0.717, 1.165) is 40.2 Å². The summed E-state index contributed by atoms with van der Waals surface area (Å²) < 4.78 is 2.15. The summed E-state index contributed by atoms with van der Waals surface area (Å²) in [5.74, 6) is 1.78. The van der Waals surface area contributed by atoms with Gasteiger partial charge in [-0.1, -0.05) is 79.7 Å². The second kappa shape index (κ2) is 7.32. The van der Waals surface area contributed by atoms with Crippen molar-refractivity contribution in [1.82, 2.24) is 19.7 Å². The Morgan fingerprint density at radius 1 is 0.690 bits per heavy atom. The summed E-state index contributed by atoms with van der Waals surface area (Å²) in [5.41, 5.74) is 5.45. The van der Waals surface area contributed by atoms with Crippen molar-refractivity contribution in [2.24, 2.45) is 0 Å². The van der Waals surface area contributed by atoms with Gasteiger partial charge in [0, 0.05) is 23.6 Å². The van der Waals surface area contributed by atoms with E-state index >= 15 is 0 Å². The van der Waals surface area contributed by atoms with Crippen LogP contribution in [-0.4, -0.2) is 19.7 Å². The normalized spacial score (nSPS) is 11.1. The van der Waals surface area contributed by atoms with Gasteiger partial charge in [0.25, 0.3) is 0 Å². The van der Waals surface area contributed by atoms with Gasteiger partial charge in [-0.3, -0.25) is 9.55 Å². The van der Waals surface area contributed by atoms with Crippen LogP contribution >= 0.6 is 0 Å². The Hall–Kier alpha value is -3.79. The average molecular weight is 376 g/mol. The van der Waals surface area contributed by atoms with Gasteiger partial charge in [-0.15, -0.1) is 10.2 Å². The van der Waals surface area contributed by atoms with Crippen LogP contribution < -0.4 is 0 Å². The highest BCUT2D eigenvalue weighted by atomic mass is 15.3. The van der Waals surface area contributed by atoms with Crippen molar-refractivity contribution in [2.75, 3.05) is 0 Å². The van der Waals surface area contributed by atoms with Gasteiger partial charge in [0.1, 0.15) is 5.82 Å². The zero-order valence-electron chi connectivity index (χ0n) is 16.2. The fourth-order valence-corrected chi connectivity index (χ4v) is 3.70. The van der Waals surface area contributed by atoms with Crippen LogP contribution in [0, 0.1) is 0 Å². The molecule has 2 aromatic heterocycles. The SMILES string of the molecule is CCc1nnc(-c2ccc(-c3ccccc3)cc2)n1-c1ccnc2ccccc12. The van der Waals surface area contributed by atoms with E-state index in [4.69, 9.17) is 0 Å². The number of fused-ring (bicyclic) bond motifs is 1. The standard InChI is InChI=1S/C25H20N4/c1-2-24-27-28-25(20-14-12-19(13-15-20)18-8-4-3-5-9-18)29(24)23-16-17-26-22-11-7-6-10-21(22)23/h3-17H,2H2,1H3.